The van der Waals surface area contributed by atoms with Gasteiger partial charge in [-0.25, -0.2) is 0 Å². The highest BCUT2D eigenvalue weighted by molar-refractivity contribution is 7.08. The van der Waals surface area contributed by atoms with Gasteiger partial charge in [0.1, 0.15) is 0 Å². The molecule has 1 fully saturated rings. The van der Waals surface area contributed by atoms with Crippen LogP contribution in [0.4, 0.5) is 5.69 Å². The molecule has 1 amide bonds. The number of thiophene rings is 1. The molecule has 0 radical (unpaired) electrons. The zero-order valence-corrected chi connectivity index (χ0v) is 15.5. The molecule has 2 heterocycles. The molecule has 1 atom stereocenters. The van der Waals surface area contributed by atoms with E-state index in [1.807, 2.05) is 39.9 Å². The number of piperidine rings is 1. The summed E-state index contributed by atoms with van der Waals surface area (Å²) in [7, 11) is 3.26. The summed E-state index contributed by atoms with van der Waals surface area (Å²) in [6.45, 7) is 1.57. The summed E-state index contributed by atoms with van der Waals surface area (Å²) in [5.74, 6) is 1.62. The molecule has 1 aliphatic heterocycles. The van der Waals surface area contributed by atoms with Gasteiger partial charge in [-0.05, 0) is 47.4 Å². The van der Waals surface area contributed by atoms with Crippen LogP contribution in [0, 0.1) is 0 Å². The van der Waals surface area contributed by atoms with Crippen LogP contribution in [0.25, 0.3) is 0 Å². The van der Waals surface area contributed by atoms with Crippen molar-refractivity contribution < 1.29 is 14.3 Å². The zero-order chi connectivity index (χ0) is 17.6. The van der Waals surface area contributed by atoms with Crippen molar-refractivity contribution in [3.8, 4) is 11.5 Å². The van der Waals surface area contributed by atoms with Crippen molar-refractivity contribution in [3.63, 3.8) is 0 Å². The van der Waals surface area contributed by atoms with Crippen LogP contribution in [0.5, 0.6) is 11.5 Å². The number of benzene rings is 1. The third kappa shape index (κ3) is 4.45. The molecule has 6 heteroatoms. The van der Waals surface area contributed by atoms with E-state index < -0.39 is 0 Å². The first-order valence-corrected chi connectivity index (χ1v) is 9.41. The molecule has 1 aromatic heterocycles. The first kappa shape index (κ1) is 17.6. The van der Waals surface area contributed by atoms with Gasteiger partial charge in [-0.15, -0.1) is 0 Å². The van der Waals surface area contributed by atoms with Crippen molar-refractivity contribution in [2.75, 3.05) is 32.6 Å². The standard InChI is InChI=1S/C19H24N2O3S/c1-23-17-6-5-15(11-18(17)24-2)20-16-4-3-8-21(12-16)19(22)10-14-7-9-25-13-14/h5-7,9,11,13,16,20H,3-4,8,10,12H2,1-2H3/t16-/m1/s1. The third-order valence-corrected chi connectivity index (χ3v) is 5.20. The molecule has 0 spiro atoms. The van der Waals surface area contributed by atoms with Gasteiger partial charge in [0.2, 0.25) is 5.91 Å². The van der Waals surface area contributed by atoms with Crippen LogP contribution in [0.2, 0.25) is 0 Å². The van der Waals surface area contributed by atoms with Gasteiger partial charge in [0.15, 0.2) is 11.5 Å². The minimum Gasteiger partial charge on any atom is -0.493 e. The molecule has 1 aromatic carbocycles. The van der Waals surface area contributed by atoms with Gasteiger partial charge in [-0.3, -0.25) is 4.79 Å². The third-order valence-electron chi connectivity index (χ3n) is 4.46. The van der Waals surface area contributed by atoms with Crippen LogP contribution in [0.15, 0.2) is 35.0 Å². The van der Waals surface area contributed by atoms with Crippen molar-refractivity contribution in [1.82, 2.24) is 4.90 Å². The van der Waals surface area contributed by atoms with E-state index in [4.69, 9.17) is 9.47 Å². The Morgan fingerprint density at radius 2 is 2.12 bits per heavy atom. The Labute approximate surface area is 152 Å². The second-order valence-corrected chi connectivity index (χ2v) is 6.98. The SMILES string of the molecule is COc1ccc(N[C@@H]2CCCN(C(=O)Cc3ccsc3)C2)cc1OC. The molecule has 1 saturated heterocycles. The highest BCUT2D eigenvalue weighted by Crippen LogP contribution is 2.30. The lowest BCUT2D eigenvalue weighted by molar-refractivity contribution is -0.131. The van der Waals surface area contributed by atoms with E-state index in [2.05, 4.69) is 5.32 Å². The van der Waals surface area contributed by atoms with Crippen molar-refractivity contribution in [3.05, 3.63) is 40.6 Å². The Hall–Kier alpha value is -2.21. The maximum absolute atomic E-state index is 12.5. The van der Waals surface area contributed by atoms with Gasteiger partial charge >= 0.3 is 0 Å². The average Bonchev–Trinajstić information content (AvgIpc) is 3.14. The molecule has 25 heavy (non-hydrogen) atoms. The Morgan fingerprint density at radius 1 is 1.28 bits per heavy atom. The Kier molecular flexibility index (Phi) is 5.81. The first-order valence-electron chi connectivity index (χ1n) is 8.47. The summed E-state index contributed by atoms with van der Waals surface area (Å²) < 4.78 is 10.6. The molecule has 0 saturated carbocycles. The van der Waals surface area contributed by atoms with Crippen LogP contribution in [0.1, 0.15) is 18.4 Å². The number of rotatable bonds is 6. The van der Waals surface area contributed by atoms with E-state index in [0.29, 0.717) is 17.9 Å². The second kappa shape index (κ2) is 8.25. The summed E-state index contributed by atoms with van der Waals surface area (Å²) >= 11 is 1.63. The number of nitrogens with one attached hydrogen (secondary N) is 1. The number of hydrogen-bond acceptors (Lipinski definition) is 5. The predicted octanol–water partition coefficient (Wildman–Crippen LogP) is 3.41. The first-order chi connectivity index (χ1) is 12.2. The molecular formula is C19H24N2O3S. The number of methoxy groups -OCH3 is 2. The summed E-state index contributed by atoms with van der Waals surface area (Å²) in [6, 6.07) is 8.08. The van der Waals surface area contributed by atoms with E-state index >= 15 is 0 Å². The van der Waals surface area contributed by atoms with Crippen LogP contribution in [-0.4, -0.2) is 44.2 Å². The monoisotopic (exact) mass is 360 g/mol. The maximum atomic E-state index is 12.5. The summed E-state index contributed by atoms with van der Waals surface area (Å²) in [6.07, 6.45) is 2.56. The number of amides is 1. The van der Waals surface area contributed by atoms with Gasteiger partial charge in [0.25, 0.3) is 0 Å². The summed E-state index contributed by atoms with van der Waals surface area (Å²) in [5, 5.41) is 7.58. The van der Waals surface area contributed by atoms with Gasteiger partial charge in [0.05, 0.1) is 20.6 Å². The summed E-state index contributed by atoms with van der Waals surface area (Å²) in [4.78, 5) is 14.5. The number of likely N-dealkylation sites (tertiary alicyclic amines) is 1. The van der Waals surface area contributed by atoms with Crippen LogP contribution < -0.4 is 14.8 Å². The van der Waals surface area contributed by atoms with Crippen molar-refractivity contribution in [2.45, 2.75) is 25.3 Å². The molecule has 1 aliphatic rings. The van der Waals surface area contributed by atoms with Crippen molar-refractivity contribution in [2.24, 2.45) is 0 Å². The van der Waals surface area contributed by atoms with E-state index in [1.54, 1.807) is 25.6 Å². The van der Waals surface area contributed by atoms with Crippen LogP contribution in [-0.2, 0) is 11.2 Å². The smallest absolute Gasteiger partial charge is 0.227 e. The van der Waals surface area contributed by atoms with Gasteiger partial charge in [-0.2, -0.15) is 11.3 Å². The number of anilines is 1. The molecule has 2 aromatic rings. The molecule has 0 aliphatic carbocycles. The lowest BCUT2D eigenvalue weighted by Gasteiger charge is -2.34. The molecular weight excluding hydrogens is 336 g/mol. The van der Waals surface area contributed by atoms with Crippen LogP contribution in [0.3, 0.4) is 0 Å². The molecule has 1 N–H and O–H groups in total. The van der Waals surface area contributed by atoms with E-state index in [0.717, 1.165) is 37.2 Å². The Morgan fingerprint density at radius 3 is 2.84 bits per heavy atom. The largest absolute Gasteiger partial charge is 0.493 e. The minimum absolute atomic E-state index is 0.206. The minimum atomic E-state index is 0.206. The molecule has 5 nitrogen and oxygen atoms in total. The van der Waals surface area contributed by atoms with Gasteiger partial charge < -0.3 is 19.7 Å². The van der Waals surface area contributed by atoms with Gasteiger partial charge in [-0.1, -0.05) is 0 Å². The highest BCUT2D eigenvalue weighted by Gasteiger charge is 2.24. The molecule has 134 valence electrons. The van der Waals surface area contributed by atoms with E-state index in [-0.39, 0.29) is 11.9 Å². The predicted molar refractivity (Wildman–Crippen MR) is 101 cm³/mol. The number of carbonyl (C=O) groups is 1. The van der Waals surface area contributed by atoms with E-state index in [1.165, 1.54) is 0 Å². The number of carbonyl (C=O) groups excluding carboxylic acids is 1. The number of nitrogens with zero attached hydrogens (tertiary/aromatic N) is 1. The quantitative estimate of drug-likeness (QED) is 0.858. The lowest BCUT2D eigenvalue weighted by Crippen LogP contribution is -2.45. The Balaban J connectivity index is 1.60. The van der Waals surface area contributed by atoms with Crippen LogP contribution >= 0.6 is 11.3 Å². The van der Waals surface area contributed by atoms with E-state index in [9.17, 15) is 4.79 Å². The number of ether oxygens (including phenoxy) is 2. The zero-order valence-electron chi connectivity index (χ0n) is 14.7. The fourth-order valence-corrected chi connectivity index (χ4v) is 3.83. The normalized spacial score (nSPS) is 17.2. The average molecular weight is 360 g/mol. The molecule has 0 unspecified atom stereocenters. The maximum Gasteiger partial charge on any atom is 0.227 e. The van der Waals surface area contributed by atoms with Crippen molar-refractivity contribution >= 4 is 22.9 Å². The fraction of sp³-hybridized carbons (Fsp3) is 0.421. The number of hydrogen-bond donors (Lipinski definition) is 1. The van der Waals surface area contributed by atoms with Crippen molar-refractivity contribution in [1.29, 1.82) is 0 Å². The lowest BCUT2D eigenvalue weighted by atomic mass is 10.0. The Bertz CT molecular complexity index is 703. The molecule has 3 rings (SSSR count). The topological polar surface area (TPSA) is 50.8 Å². The molecule has 0 bridgehead atoms. The van der Waals surface area contributed by atoms with Gasteiger partial charge in [0, 0.05) is 30.9 Å². The highest BCUT2D eigenvalue weighted by atomic mass is 32.1. The summed E-state index contributed by atoms with van der Waals surface area (Å²) in [5.41, 5.74) is 2.08. The second-order valence-electron chi connectivity index (χ2n) is 6.20. The fourth-order valence-electron chi connectivity index (χ4n) is 3.16.